The van der Waals surface area contributed by atoms with Crippen molar-refractivity contribution < 1.29 is 18.0 Å². The quantitative estimate of drug-likeness (QED) is 0.876. The molecule has 0 unspecified atom stereocenters. The number of hydrogen-bond donors (Lipinski definition) is 2. The summed E-state index contributed by atoms with van der Waals surface area (Å²) in [5, 5.41) is 5.86. The second kappa shape index (κ2) is 7.13. The lowest BCUT2D eigenvalue weighted by molar-refractivity contribution is -0.138. The van der Waals surface area contributed by atoms with Crippen LogP contribution < -0.4 is 10.6 Å². The minimum atomic E-state index is -4.36. The van der Waals surface area contributed by atoms with Crippen molar-refractivity contribution in [3.63, 3.8) is 0 Å². The van der Waals surface area contributed by atoms with Gasteiger partial charge in [-0.2, -0.15) is 13.2 Å². The third-order valence-electron chi connectivity index (χ3n) is 3.51. The highest BCUT2D eigenvalue weighted by Gasteiger charge is 2.32. The molecule has 2 N–H and O–H groups in total. The molecule has 0 aliphatic carbocycles. The van der Waals surface area contributed by atoms with Gasteiger partial charge in [-0.25, -0.2) is 0 Å². The zero-order valence-corrected chi connectivity index (χ0v) is 12.4. The van der Waals surface area contributed by atoms with Crippen LogP contribution in [0.3, 0.4) is 0 Å². The number of amides is 1. The zero-order valence-electron chi connectivity index (χ0n) is 11.6. The van der Waals surface area contributed by atoms with Gasteiger partial charge in [0.15, 0.2) is 0 Å². The molecule has 118 valence electrons. The van der Waals surface area contributed by atoms with E-state index in [9.17, 15) is 18.0 Å². The van der Waals surface area contributed by atoms with Crippen molar-refractivity contribution in [2.45, 2.75) is 25.9 Å². The number of nitrogens with one attached hydrogen (secondary N) is 2. The fraction of sp³-hybridized carbons (Fsp3) is 0.500. The molecule has 0 saturated carbocycles. The van der Waals surface area contributed by atoms with E-state index in [4.69, 9.17) is 0 Å². The number of anilines is 1. The predicted octanol–water partition coefficient (Wildman–Crippen LogP) is 3.37. The van der Waals surface area contributed by atoms with Gasteiger partial charge in [-0.3, -0.25) is 4.79 Å². The van der Waals surface area contributed by atoms with Gasteiger partial charge in [0.2, 0.25) is 5.91 Å². The van der Waals surface area contributed by atoms with E-state index >= 15 is 0 Å². The Morgan fingerprint density at radius 2 is 1.90 bits per heavy atom. The lowest BCUT2D eigenvalue weighted by Crippen LogP contribution is -2.34. The van der Waals surface area contributed by atoms with Gasteiger partial charge in [0, 0.05) is 11.6 Å². The Morgan fingerprint density at radius 3 is 2.43 bits per heavy atom. The van der Waals surface area contributed by atoms with Gasteiger partial charge in [0.25, 0.3) is 0 Å². The maximum absolute atomic E-state index is 12.6. The highest BCUT2D eigenvalue weighted by Crippen LogP contribution is 2.33. The first-order chi connectivity index (χ1) is 9.38. The summed E-state index contributed by atoms with van der Waals surface area (Å²) in [6.07, 6.45) is -2.85. The van der Waals surface area contributed by atoms with Crippen LogP contribution in [0.1, 0.15) is 24.0 Å². The van der Waals surface area contributed by atoms with E-state index < -0.39 is 11.7 Å². The van der Waals surface area contributed by atoms with E-state index in [1.165, 1.54) is 19.1 Å². The molecular weight excluding hydrogens is 305 g/mol. The molecule has 1 aromatic carbocycles. The second-order valence-electron chi connectivity index (χ2n) is 5.04. The van der Waals surface area contributed by atoms with Crippen molar-refractivity contribution in [1.29, 1.82) is 0 Å². The smallest absolute Gasteiger partial charge is 0.326 e. The van der Waals surface area contributed by atoms with Gasteiger partial charge in [0.1, 0.15) is 0 Å². The largest absolute Gasteiger partial charge is 0.416 e. The fourth-order valence-electron chi connectivity index (χ4n) is 2.39. The van der Waals surface area contributed by atoms with Gasteiger partial charge >= 0.3 is 6.18 Å². The molecule has 7 heteroatoms. The zero-order chi connectivity index (χ0) is 14.8. The SMILES string of the molecule is Cc1cc(NC(=O)C2CCNCC2)ccc1C(F)(F)F.Cl. The van der Waals surface area contributed by atoms with Gasteiger partial charge in [-0.1, -0.05) is 0 Å². The maximum atomic E-state index is 12.6. The van der Waals surface area contributed by atoms with Crippen LogP contribution in [-0.4, -0.2) is 19.0 Å². The second-order valence-corrected chi connectivity index (χ2v) is 5.04. The summed E-state index contributed by atoms with van der Waals surface area (Å²) in [7, 11) is 0. The number of benzene rings is 1. The molecule has 21 heavy (non-hydrogen) atoms. The number of aryl methyl sites for hydroxylation is 1. The lowest BCUT2D eigenvalue weighted by atomic mass is 9.97. The van der Waals surface area contributed by atoms with Crippen molar-refractivity contribution in [1.82, 2.24) is 5.32 Å². The molecular formula is C14H18ClF3N2O. The van der Waals surface area contributed by atoms with Crippen LogP contribution in [0.2, 0.25) is 0 Å². The summed E-state index contributed by atoms with van der Waals surface area (Å²) in [6.45, 7) is 2.98. The van der Waals surface area contributed by atoms with Crippen LogP contribution >= 0.6 is 12.4 Å². The average molecular weight is 323 g/mol. The van der Waals surface area contributed by atoms with Crippen molar-refractivity contribution in [3.05, 3.63) is 29.3 Å². The summed E-state index contributed by atoms with van der Waals surface area (Å²) in [5.41, 5.74) is -0.142. The van der Waals surface area contributed by atoms with Gasteiger partial charge in [0.05, 0.1) is 5.56 Å². The Labute approximate surface area is 127 Å². The number of rotatable bonds is 2. The summed E-state index contributed by atoms with van der Waals surface area (Å²) in [4.78, 5) is 12.0. The molecule has 0 aromatic heterocycles. The van der Waals surface area contributed by atoms with E-state index in [0.717, 1.165) is 32.0 Å². The molecule has 3 nitrogen and oxygen atoms in total. The van der Waals surface area contributed by atoms with Crippen LogP contribution in [0.5, 0.6) is 0 Å². The third kappa shape index (κ3) is 4.61. The van der Waals surface area contributed by atoms with E-state index in [1.807, 2.05) is 0 Å². The monoisotopic (exact) mass is 322 g/mol. The molecule has 1 aliphatic heterocycles. The number of carbonyl (C=O) groups is 1. The maximum Gasteiger partial charge on any atom is 0.416 e. The average Bonchev–Trinajstić information content (AvgIpc) is 2.38. The molecule has 0 bridgehead atoms. The lowest BCUT2D eigenvalue weighted by Gasteiger charge is -2.22. The summed E-state index contributed by atoms with van der Waals surface area (Å²) in [5.74, 6) is -0.190. The topological polar surface area (TPSA) is 41.1 Å². The Morgan fingerprint density at radius 1 is 1.29 bits per heavy atom. The van der Waals surface area contributed by atoms with Crippen molar-refractivity contribution in [2.24, 2.45) is 5.92 Å². The fourth-order valence-corrected chi connectivity index (χ4v) is 2.39. The van der Waals surface area contributed by atoms with Gasteiger partial charge in [-0.05, 0) is 56.6 Å². The molecule has 0 atom stereocenters. The molecule has 0 spiro atoms. The summed E-state index contributed by atoms with van der Waals surface area (Å²) in [6, 6.07) is 3.67. The van der Waals surface area contributed by atoms with Crippen molar-refractivity contribution in [2.75, 3.05) is 18.4 Å². The standard InChI is InChI=1S/C14H17F3N2O.ClH/c1-9-8-11(2-3-12(9)14(15,16)17)19-13(20)10-4-6-18-7-5-10;/h2-3,8,10,18H,4-7H2,1H3,(H,19,20);1H. The molecule has 1 aliphatic rings. The van der Waals surface area contributed by atoms with Crippen LogP contribution in [-0.2, 0) is 11.0 Å². The minimum absolute atomic E-state index is 0. The minimum Gasteiger partial charge on any atom is -0.326 e. The summed E-state index contributed by atoms with van der Waals surface area (Å²) < 4.78 is 37.9. The summed E-state index contributed by atoms with van der Waals surface area (Å²) >= 11 is 0. The van der Waals surface area contributed by atoms with Gasteiger partial charge < -0.3 is 10.6 Å². The van der Waals surface area contributed by atoms with Crippen LogP contribution in [0.25, 0.3) is 0 Å². The number of carbonyl (C=O) groups excluding carboxylic acids is 1. The number of alkyl halides is 3. The molecule has 0 radical (unpaired) electrons. The Balaban J connectivity index is 0.00000220. The first kappa shape index (κ1) is 17.8. The number of halogens is 4. The first-order valence-electron chi connectivity index (χ1n) is 6.57. The third-order valence-corrected chi connectivity index (χ3v) is 3.51. The van der Waals surface area contributed by atoms with E-state index in [-0.39, 0.29) is 29.8 Å². The first-order valence-corrected chi connectivity index (χ1v) is 6.57. The number of piperidine rings is 1. The Kier molecular flexibility index (Phi) is 6.04. The van der Waals surface area contributed by atoms with Crippen molar-refractivity contribution >= 4 is 24.0 Å². The van der Waals surface area contributed by atoms with Gasteiger partial charge in [-0.15, -0.1) is 12.4 Å². The molecule has 1 aromatic rings. The van der Waals surface area contributed by atoms with Crippen molar-refractivity contribution in [3.8, 4) is 0 Å². The molecule has 2 rings (SSSR count). The molecule has 1 amide bonds. The molecule has 1 heterocycles. The van der Waals surface area contributed by atoms with E-state index in [0.29, 0.717) is 5.69 Å². The highest BCUT2D eigenvalue weighted by molar-refractivity contribution is 5.92. The van der Waals surface area contributed by atoms with Crippen LogP contribution in [0.15, 0.2) is 18.2 Å². The highest BCUT2D eigenvalue weighted by atomic mass is 35.5. The van der Waals surface area contributed by atoms with Crippen LogP contribution in [0.4, 0.5) is 18.9 Å². The Bertz CT molecular complexity index is 499. The van der Waals surface area contributed by atoms with Crippen LogP contribution in [0, 0.1) is 12.8 Å². The molecule has 1 saturated heterocycles. The predicted molar refractivity (Wildman–Crippen MR) is 77.7 cm³/mol. The van der Waals surface area contributed by atoms with E-state index in [2.05, 4.69) is 10.6 Å². The normalized spacial score (nSPS) is 16.2. The number of hydrogen-bond acceptors (Lipinski definition) is 2. The molecule has 1 fully saturated rings. The Hall–Kier alpha value is -1.27. The van der Waals surface area contributed by atoms with E-state index in [1.54, 1.807) is 0 Å².